The first-order valence-corrected chi connectivity index (χ1v) is 11.4. The number of morpholine rings is 1. The molecule has 2 heterocycles. The molecule has 0 aromatic heterocycles. The molecule has 2 aromatic rings. The van der Waals surface area contributed by atoms with Crippen molar-refractivity contribution >= 4 is 15.7 Å². The Labute approximate surface area is 170 Å². The van der Waals surface area contributed by atoms with Crippen molar-refractivity contribution in [2.24, 2.45) is 5.92 Å². The predicted molar refractivity (Wildman–Crippen MR) is 109 cm³/mol. The van der Waals surface area contributed by atoms with Crippen LogP contribution in [0.4, 0.5) is 10.1 Å². The molecule has 29 heavy (non-hydrogen) atoms. The lowest BCUT2D eigenvalue weighted by Gasteiger charge is -2.37. The van der Waals surface area contributed by atoms with E-state index in [1.807, 2.05) is 18.2 Å². The summed E-state index contributed by atoms with van der Waals surface area (Å²) in [6, 6.07) is 12.2. The Balaban J connectivity index is 1.45. The van der Waals surface area contributed by atoms with E-state index < -0.39 is 10.0 Å². The molecule has 1 saturated heterocycles. The van der Waals surface area contributed by atoms with Gasteiger partial charge in [0.1, 0.15) is 5.82 Å². The number of hydrogen-bond donors (Lipinski definition) is 1. The number of nitrogens with one attached hydrogen (secondary N) is 1. The average Bonchev–Trinajstić information content (AvgIpc) is 3.25. The molecule has 3 atom stereocenters. The van der Waals surface area contributed by atoms with Crippen LogP contribution in [0.1, 0.15) is 29.5 Å². The van der Waals surface area contributed by atoms with Crippen LogP contribution in [0.5, 0.6) is 0 Å². The van der Waals surface area contributed by atoms with E-state index in [4.69, 9.17) is 4.74 Å². The Bertz CT molecular complexity index is 1050. The molecule has 2 aliphatic heterocycles. The van der Waals surface area contributed by atoms with Crippen LogP contribution in [0.2, 0.25) is 0 Å². The lowest BCUT2D eigenvalue weighted by atomic mass is 9.77. The van der Waals surface area contributed by atoms with E-state index in [9.17, 15) is 12.8 Å². The number of nitrogens with zero attached hydrogens (tertiary/aromatic N) is 1. The minimum atomic E-state index is -3.52. The molecule has 0 bridgehead atoms. The van der Waals surface area contributed by atoms with Crippen molar-refractivity contribution in [1.82, 2.24) is 4.31 Å². The van der Waals surface area contributed by atoms with Gasteiger partial charge in [0.05, 0.1) is 29.8 Å². The van der Waals surface area contributed by atoms with E-state index in [-0.39, 0.29) is 28.6 Å². The van der Waals surface area contributed by atoms with Crippen LogP contribution >= 0.6 is 0 Å². The van der Waals surface area contributed by atoms with Crippen LogP contribution in [0.3, 0.4) is 0 Å². The number of fused-ring (bicyclic) bond motifs is 3. The van der Waals surface area contributed by atoms with Gasteiger partial charge in [-0.15, -0.1) is 0 Å². The van der Waals surface area contributed by atoms with Crippen molar-refractivity contribution in [1.29, 1.82) is 0 Å². The van der Waals surface area contributed by atoms with Crippen LogP contribution in [0.15, 0.2) is 59.5 Å². The van der Waals surface area contributed by atoms with Crippen molar-refractivity contribution in [3.05, 3.63) is 71.6 Å². The fourth-order valence-corrected chi connectivity index (χ4v) is 6.10. The van der Waals surface area contributed by atoms with Crippen molar-refractivity contribution in [2.75, 3.05) is 31.6 Å². The summed E-state index contributed by atoms with van der Waals surface area (Å²) in [6.07, 6.45) is 5.22. The van der Waals surface area contributed by atoms with Gasteiger partial charge in [-0.1, -0.05) is 36.4 Å². The molecule has 1 N–H and O–H groups in total. The van der Waals surface area contributed by atoms with Crippen LogP contribution in [-0.2, 0) is 14.8 Å². The van der Waals surface area contributed by atoms with Crippen molar-refractivity contribution in [3.63, 3.8) is 0 Å². The van der Waals surface area contributed by atoms with Gasteiger partial charge in [0, 0.05) is 19.0 Å². The smallest absolute Gasteiger partial charge is 0.243 e. The topological polar surface area (TPSA) is 58.6 Å². The number of para-hydroxylation sites is 1. The maximum atomic E-state index is 14.5. The Morgan fingerprint density at radius 1 is 1.07 bits per heavy atom. The Hall–Kier alpha value is -2.22. The lowest BCUT2D eigenvalue weighted by molar-refractivity contribution is 0.0730. The zero-order chi connectivity index (χ0) is 20.0. The Morgan fingerprint density at radius 2 is 1.83 bits per heavy atom. The quantitative estimate of drug-likeness (QED) is 0.779. The van der Waals surface area contributed by atoms with Crippen molar-refractivity contribution < 1.29 is 17.5 Å². The molecule has 5 rings (SSSR count). The molecule has 2 aromatic carbocycles. The van der Waals surface area contributed by atoms with Gasteiger partial charge >= 0.3 is 0 Å². The molecular formula is C22H23FN2O3S. The Morgan fingerprint density at radius 3 is 2.59 bits per heavy atom. The summed E-state index contributed by atoms with van der Waals surface area (Å²) in [6.45, 7) is 1.59. The largest absolute Gasteiger partial charge is 0.379 e. The van der Waals surface area contributed by atoms with E-state index in [0.29, 0.717) is 32.0 Å². The highest BCUT2D eigenvalue weighted by Gasteiger charge is 2.39. The molecule has 3 aliphatic rings. The van der Waals surface area contributed by atoms with Crippen molar-refractivity contribution in [2.45, 2.75) is 23.3 Å². The molecule has 0 saturated carbocycles. The average molecular weight is 415 g/mol. The second-order valence-electron chi connectivity index (χ2n) is 7.77. The number of benzene rings is 2. The summed E-state index contributed by atoms with van der Waals surface area (Å²) in [5.74, 6) is 0.201. The first-order valence-electron chi connectivity index (χ1n) is 9.95. The zero-order valence-electron chi connectivity index (χ0n) is 15.9. The second-order valence-corrected chi connectivity index (χ2v) is 9.70. The highest BCUT2D eigenvalue weighted by atomic mass is 32.2. The molecule has 5 nitrogen and oxygen atoms in total. The van der Waals surface area contributed by atoms with E-state index in [0.717, 1.165) is 17.5 Å². The molecule has 1 aliphatic carbocycles. The number of halogens is 1. The van der Waals surface area contributed by atoms with Crippen LogP contribution in [0, 0.1) is 11.7 Å². The van der Waals surface area contributed by atoms with E-state index in [1.165, 1.54) is 10.4 Å². The molecule has 1 fully saturated rings. The fourth-order valence-electron chi connectivity index (χ4n) is 4.70. The number of allylic oxidation sites excluding steroid dienone is 2. The summed E-state index contributed by atoms with van der Waals surface area (Å²) >= 11 is 0. The normalized spacial score (nSPS) is 26.6. The summed E-state index contributed by atoms with van der Waals surface area (Å²) in [4.78, 5) is 0.284. The monoisotopic (exact) mass is 414 g/mol. The highest BCUT2D eigenvalue weighted by Crippen LogP contribution is 2.50. The van der Waals surface area contributed by atoms with Crippen LogP contribution in [-0.4, -0.2) is 39.0 Å². The number of sulfonamides is 1. The van der Waals surface area contributed by atoms with Gasteiger partial charge in [-0.05, 0) is 41.7 Å². The van der Waals surface area contributed by atoms with Crippen molar-refractivity contribution in [3.8, 4) is 0 Å². The van der Waals surface area contributed by atoms with E-state index >= 15 is 0 Å². The molecular weight excluding hydrogens is 391 g/mol. The molecule has 0 radical (unpaired) electrons. The first kappa shape index (κ1) is 18.8. The summed E-state index contributed by atoms with van der Waals surface area (Å²) in [7, 11) is -3.52. The summed E-state index contributed by atoms with van der Waals surface area (Å²) < 4.78 is 46.9. The van der Waals surface area contributed by atoms with Gasteiger partial charge in [0.2, 0.25) is 10.0 Å². The third kappa shape index (κ3) is 3.17. The standard InChI is InChI=1S/C22H23FN2O3S/c23-20-6-2-5-19-17-3-1-4-18(17)21(24-22(19)20)15-7-9-16(10-8-15)29(26,27)25-11-13-28-14-12-25/h1-3,5-10,17-18,21,24H,4,11-14H2/t17-,18+,21+/m0/s1. The number of hydrogen-bond acceptors (Lipinski definition) is 4. The van der Waals surface area contributed by atoms with Gasteiger partial charge in [-0.3, -0.25) is 0 Å². The minimum Gasteiger partial charge on any atom is -0.379 e. The maximum Gasteiger partial charge on any atom is 0.243 e. The number of anilines is 1. The molecule has 152 valence electrons. The van der Waals surface area contributed by atoms with Crippen LogP contribution in [0.25, 0.3) is 0 Å². The third-order valence-corrected chi connectivity index (χ3v) is 8.11. The number of ether oxygens (including phenoxy) is 1. The summed E-state index contributed by atoms with van der Waals surface area (Å²) in [5, 5.41) is 3.38. The number of rotatable bonds is 3. The SMILES string of the molecule is O=S(=O)(c1ccc([C@H]2Nc3c(F)cccc3[C@H]3C=CC[C@H]32)cc1)N1CCOCC1. The highest BCUT2D eigenvalue weighted by molar-refractivity contribution is 7.89. The van der Waals surface area contributed by atoms with Gasteiger partial charge in [-0.25, -0.2) is 12.8 Å². The molecule has 7 heteroatoms. The molecule has 0 unspecified atom stereocenters. The Kier molecular flexibility index (Phi) is 4.69. The van der Waals surface area contributed by atoms with Gasteiger partial charge in [0.25, 0.3) is 0 Å². The van der Waals surface area contributed by atoms with Gasteiger partial charge in [-0.2, -0.15) is 4.31 Å². The molecule has 0 amide bonds. The predicted octanol–water partition coefficient (Wildman–Crippen LogP) is 3.67. The zero-order valence-corrected chi connectivity index (χ0v) is 16.7. The lowest BCUT2D eigenvalue weighted by Crippen LogP contribution is -2.40. The van der Waals surface area contributed by atoms with Gasteiger partial charge < -0.3 is 10.1 Å². The van der Waals surface area contributed by atoms with Gasteiger partial charge in [0.15, 0.2) is 0 Å². The first-order chi connectivity index (χ1) is 14.1. The summed E-state index contributed by atoms with van der Waals surface area (Å²) in [5.41, 5.74) is 2.51. The van der Waals surface area contributed by atoms with E-state index in [2.05, 4.69) is 17.5 Å². The molecule has 0 spiro atoms. The fraction of sp³-hybridized carbons (Fsp3) is 0.364. The minimum absolute atomic E-state index is 0.0699. The maximum absolute atomic E-state index is 14.5. The van der Waals surface area contributed by atoms with Crippen LogP contribution < -0.4 is 5.32 Å². The third-order valence-electron chi connectivity index (χ3n) is 6.19. The van der Waals surface area contributed by atoms with E-state index in [1.54, 1.807) is 18.2 Å². The second kappa shape index (κ2) is 7.23.